The van der Waals surface area contributed by atoms with Crippen molar-refractivity contribution < 1.29 is 19.4 Å². The Balaban J connectivity index is 1.31. The van der Waals surface area contributed by atoms with E-state index in [9.17, 15) is 9.90 Å². The first-order valence-corrected chi connectivity index (χ1v) is 12.6. The first-order valence-electron chi connectivity index (χ1n) is 12.6. The number of methoxy groups -OCH3 is 1. The molecule has 0 bridgehead atoms. The number of phenols is 1. The van der Waals surface area contributed by atoms with Gasteiger partial charge in [0, 0.05) is 42.2 Å². The number of benzene rings is 3. The first-order chi connectivity index (χ1) is 18.6. The number of hydrogen-bond acceptors (Lipinski definition) is 7. The zero-order valence-electron chi connectivity index (χ0n) is 21.2. The maximum absolute atomic E-state index is 13.3. The number of hydrazine groups is 1. The van der Waals surface area contributed by atoms with E-state index in [-0.39, 0.29) is 11.7 Å². The summed E-state index contributed by atoms with van der Waals surface area (Å²) in [7, 11) is 1.58. The van der Waals surface area contributed by atoms with E-state index >= 15 is 0 Å². The molecule has 3 N–H and O–H groups in total. The van der Waals surface area contributed by atoms with Crippen molar-refractivity contribution in [2.45, 2.75) is 6.92 Å². The van der Waals surface area contributed by atoms with Gasteiger partial charge in [0.15, 0.2) is 5.82 Å². The predicted octanol–water partition coefficient (Wildman–Crippen LogP) is 4.20. The lowest BCUT2D eigenvalue weighted by Gasteiger charge is -2.36. The highest BCUT2D eigenvalue weighted by atomic mass is 16.5. The number of aromatic amines is 2. The van der Waals surface area contributed by atoms with Gasteiger partial charge in [-0.05, 0) is 55.0 Å². The Labute approximate surface area is 218 Å². The molecule has 0 aliphatic carbocycles. The summed E-state index contributed by atoms with van der Waals surface area (Å²) in [6, 6.07) is 16.5. The number of imidazole rings is 1. The lowest BCUT2D eigenvalue weighted by molar-refractivity contribution is -0.0675. The second kappa shape index (κ2) is 9.81. The maximum Gasteiger partial charge on any atom is 0.268 e. The smallest absolute Gasteiger partial charge is 0.268 e. The van der Waals surface area contributed by atoms with E-state index in [4.69, 9.17) is 14.5 Å². The number of hydrogen-bond donors (Lipinski definition) is 3. The molecule has 1 aliphatic rings. The summed E-state index contributed by atoms with van der Waals surface area (Å²) in [6.07, 6.45) is 0. The minimum absolute atomic E-state index is 0.0464. The molecule has 2 aromatic heterocycles. The van der Waals surface area contributed by atoms with Crippen molar-refractivity contribution in [1.29, 1.82) is 0 Å². The summed E-state index contributed by atoms with van der Waals surface area (Å²) in [5.74, 6) is 1.30. The van der Waals surface area contributed by atoms with Crippen molar-refractivity contribution in [2.75, 3.05) is 40.0 Å². The highest BCUT2D eigenvalue weighted by molar-refractivity contribution is 5.99. The maximum atomic E-state index is 13.3. The zero-order chi connectivity index (χ0) is 26.2. The van der Waals surface area contributed by atoms with Gasteiger partial charge in [-0.2, -0.15) is 5.10 Å². The van der Waals surface area contributed by atoms with Gasteiger partial charge in [-0.1, -0.05) is 6.07 Å². The van der Waals surface area contributed by atoms with E-state index in [2.05, 4.69) is 15.2 Å². The third-order valence-corrected chi connectivity index (χ3v) is 6.87. The molecule has 1 amide bonds. The van der Waals surface area contributed by atoms with Crippen LogP contribution in [0.2, 0.25) is 0 Å². The number of nitrogens with one attached hydrogen (secondary N) is 2. The van der Waals surface area contributed by atoms with Gasteiger partial charge >= 0.3 is 0 Å². The van der Waals surface area contributed by atoms with Crippen LogP contribution in [0.25, 0.3) is 44.6 Å². The number of rotatable bonds is 6. The van der Waals surface area contributed by atoms with Gasteiger partial charge < -0.3 is 19.6 Å². The number of aromatic hydroxyl groups is 1. The van der Waals surface area contributed by atoms with Crippen molar-refractivity contribution >= 4 is 27.8 Å². The molecule has 3 aromatic carbocycles. The Morgan fingerprint density at radius 2 is 1.95 bits per heavy atom. The van der Waals surface area contributed by atoms with Gasteiger partial charge in [-0.25, -0.2) is 9.99 Å². The summed E-state index contributed by atoms with van der Waals surface area (Å²) in [5, 5.41) is 22.2. The fraction of sp³-hybridized carbons (Fsp3) is 0.250. The van der Waals surface area contributed by atoms with E-state index in [0.29, 0.717) is 55.7 Å². The van der Waals surface area contributed by atoms with Crippen LogP contribution in [0.1, 0.15) is 17.3 Å². The minimum Gasteiger partial charge on any atom is -0.508 e. The number of aromatic nitrogens is 4. The fourth-order valence-corrected chi connectivity index (χ4v) is 4.96. The van der Waals surface area contributed by atoms with Gasteiger partial charge in [0.05, 0.1) is 36.9 Å². The molecule has 5 aromatic rings. The Morgan fingerprint density at radius 3 is 2.74 bits per heavy atom. The molecule has 0 unspecified atom stereocenters. The molecule has 0 saturated carbocycles. The molecular weight excluding hydrogens is 484 g/mol. The van der Waals surface area contributed by atoms with Crippen LogP contribution in [0.3, 0.4) is 0 Å². The van der Waals surface area contributed by atoms with Crippen LogP contribution in [0.5, 0.6) is 11.5 Å². The van der Waals surface area contributed by atoms with Crippen molar-refractivity contribution in [3.05, 3.63) is 60.2 Å². The quantitative estimate of drug-likeness (QED) is 0.312. The van der Waals surface area contributed by atoms with Crippen molar-refractivity contribution in [3.8, 4) is 34.1 Å². The lowest BCUT2D eigenvalue weighted by Crippen LogP contribution is -2.51. The summed E-state index contributed by atoms with van der Waals surface area (Å²) in [6.45, 7) is 5.20. The Morgan fingerprint density at radius 1 is 1.11 bits per heavy atom. The average Bonchev–Trinajstić information content (AvgIpc) is 3.57. The normalized spacial score (nSPS) is 14.3. The molecule has 0 spiro atoms. The highest BCUT2D eigenvalue weighted by Crippen LogP contribution is 2.35. The van der Waals surface area contributed by atoms with E-state index in [0.717, 1.165) is 33.1 Å². The first kappa shape index (κ1) is 24.0. The number of phenolic OH excluding ortho intramolecular Hbond substituents is 1. The molecular formula is C28H28N6O4. The number of morpholine rings is 1. The molecule has 0 radical (unpaired) electrons. The Kier molecular flexibility index (Phi) is 6.18. The number of ether oxygens (including phenoxy) is 2. The second-order valence-corrected chi connectivity index (χ2v) is 9.12. The summed E-state index contributed by atoms with van der Waals surface area (Å²) >= 11 is 0. The highest BCUT2D eigenvalue weighted by Gasteiger charge is 2.24. The number of carbonyl (C=O) groups excluding carboxylic acids is 1. The van der Waals surface area contributed by atoms with Crippen LogP contribution >= 0.6 is 0 Å². The van der Waals surface area contributed by atoms with Gasteiger partial charge in [-0.3, -0.25) is 14.9 Å². The predicted molar refractivity (Wildman–Crippen MR) is 144 cm³/mol. The molecule has 38 heavy (non-hydrogen) atoms. The summed E-state index contributed by atoms with van der Waals surface area (Å²) in [5.41, 5.74) is 5.45. The SMILES string of the molecule is CCN(C(=O)c1ccc2nc(-c3n[nH]c4cc(-c5ccc(O)cc5OC)ccc34)[nH]c2c1)N1CCOCC1. The van der Waals surface area contributed by atoms with Crippen LogP contribution in [0, 0.1) is 0 Å². The topological polar surface area (TPSA) is 120 Å². The molecule has 0 atom stereocenters. The molecule has 3 heterocycles. The molecule has 6 rings (SSSR count). The van der Waals surface area contributed by atoms with Crippen LogP contribution < -0.4 is 4.74 Å². The number of nitrogens with zero attached hydrogens (tertiary/aromatic N) is 4. The van der Waals surface area contributed by atoms with Crippen molar-refractivity contribution in [2.24, 2.45) is 0 Å². The molecule has 1 fully saturated rings. The van der Waals surface area contributed by atoms with Crippen LogP contribution in [-0.4, -0.2) is 81.2 Å². The van der Waals surface area contributed by atoms with Crippen molar-refractivity contribution in [1.82, 2.24) is 30.2 Å². The lowest BCUT2D eigenvalue weighted by atomic mass is 10.0. The second-order valence-electron chi connectivity index (χ2n) is 9.12. The molecule has 194 valence electrons. The molecule has 10 heteroatoms. The summed E-state index contributed by atoms with van der Waals surface area (Å²) < 4.78 is 10.9. The van der Waals surface area contributed by atoms with E-state index in [1.54, 1.807) is 24.3 Å². The van der Waals surface area contributed by atoms with Crippen LogP contribution in [-0.2, 0) is 4.74 Å². The number of H-pyrrole nitrogens is 2. The van der Waals surface area contributed by atoms with Crippen LogP contribution in [0.15, 0.2) is 54.6 Å². The molecule has 1 aliphatic heterocycles. The minimum atomic E-state index is -0.0464. The number of amides is 1. The molecule has 1 saturated heterocycles. The standard InChI is InChI=1S/C28H28N6O4/c1-3-34(33-10-12-38-13-11-33)28(36)18-5-9-22-24(15-18)30-27(29-22)26-21-7-4-17(14-23(21)31-32-26)20-8-6-19(35)16-25(20)37-2/h4-9,14-16,35H,3,10-13H2,1-2H3,(H,29,30)(H,31,32). The van der Waals surface area contributed by atoms with Gasteiger partial charge in [-0.15, -0.1) is 0 Å². The fourth-order valence-electron chi connectivity index (χ4n) is 4.96. The average molecular weight is 513 g/mol. The van der Waals surface area contributed by atoms with E-state index in [1.165, 1.54) is 0 Å². The number of fused-ring (bicyclic) bond motifs is 2. The monoisotopic (exact) mass is 512 g/mol. The Hall–Kier alpha value is -4.41. The zero-order valence-corrected chi connectivity index (χ0v) is 21.2. The van der Waals surface area contributed by atoms with Gasteiger partial charge in [0.1, 0.15) is 17.2 Å². The van der Waals surface area contributed by atoms with Crippen molar-refractivity contribution in [3.63, 3.8) is 0 Å². The largest absolute Gasteiger partial charge is 0.508 e. The summed E-state index contributed by atoms with van der Waals surface area (Å²) in [4.78, 5) is 21.4. The number of carbonyl (C=O) groups is 1. The van der Waals surface area contributed by atoms with Crippen LogP contribution in [0.4, 0.5) is 0 Å². The third-order valence-electron chi connectivity index (χ3n) is 6.87. The molecule has 10 nitrogen and oxygen atoms in total. The van der Waals surface area contributed by atoms with Gasteiger partial charge in [0.25, 0.3) is 5.91 Å². The van der Waals surface area contributed by atoms with Gasteiger partial charge in [0.2, 0.25) is 0 Å². The van der Waals surface area contributed by atoms with E-state index in [1.807, 2.05) is 54.4 Å². The third kappa shape index (κ3) is 4.23. The Bertz CT molecular complexity index is 1640. The van der Waals surface area contributed by atoms with E-state index < -0.39 is 0 Å².